The first-order valence-electron chi connectivity index (χ1n) is 5.03. The minimum Gasteiger partial charge on any atom is -0.322 e. The fourth-order valence-electron chi connectivity index (χ4n) is 3.02. The van der Waals surface area contributed by atoms with Crippen LogP contribution in [0.3, 0.4) is 0 Å². The molecule has 6 radical (unpaired) electrons. The Morgan fingerprint density at radius 2 is 1.92 bits per heavy atom. The van der Waals surface area contributed by atoms with Gasteiger partial charge in [0.1, 0.15) is 0 Å². The summed E-state index contributed by atoms with van der Waals surface area (Å²) >= 11 is 0. The van der Waals surface area contributed by atoms with Gasteiger partial charge < -0.3 is 4.90 Å². The standard InChI is InChI=1S/C9H14B3N/c1-7-4-8(5-7)2-3-13(6-8)9(10,11)12/h7H,2-6H2,1H3. The second kappa shape index (κ2) is 2.82. The Morgan fingerprint density at radius 3 is 2.31 bits per heavy atom. The monoisotopic (exact) mass is 169 g/mol. The molecule has 1 aliphatic carbocycles. The van der Waals surface area contributed by atoms with E-state index in [1.54, 1.807) is 0 Å². The lowest BCUT2D eigenvalue weighted by Gasteiger charge is -2.45. The molecule has 64 valence electrons. The van der Waals surface area contributed by atoms with Crippen molar-refractivity contribution < 1.29 is 0 Å². The molecule has 1 saturated carbocycles. The molecule has 4 heteroatoms. The molecule has 1 spiro atoms. The lowest BCUT2D eigenvalue weighted by atomic mass is 9.48. The Morgan fingerprint density at radius 1 is 1.31 bits per heavy atom. The molecule has 0 aromatic rings. The Hall–Kier alpha value is 0.155. The van der Waals surface area contributed by atoms with Gasteiger partial charge in [0.25, 0.3) is 0 Å². The second-order valence-electron chi connectivity index (χ2n) is 5.07. The molecule has 0 unspecified atom stereocenters. The molecule has 1 heterocycles. The molecular weight excluding hydrogens is 155 g/mol. The van der Waals surface area contributed by atoms with Gasteiger partial charge in [-0.15, -0.1) is 0 Å². The van der Waals surface area contributed by atoms with Crippen LogP contribution in [0.2, 0.25) is 0 Å². The Balaban J connectivity index is 1.95. The van der Waals surface area contributed by atoms with Gasteiger partial charge in [-0.3, -0.25) is 0 Å². The highest BCUT2D eigenvalue weighted by molar-refractivity contribution is 6.59. The van der Waals surface area contributed by atoms with Gasteiger partial charge in [0, 0.05) is 6.54 Å². The Bertz CT molecular complexity index is 205. The quantitative estimate of drug-likeness (QED) is 0.507. The van der Waals surface area contributed by atoms with Gasteiger partial charge >= 0.3 is 0 Å². The van der Waals surface area contributed by atoms with Crippen LogP contribution in [0.5, 0.6) is 0 Å². The van der Waals surface area contributed by atoms with Gasteiger partial charge in [-0.05, 0) is 37.1 Å². The van der Waals surface area contributed by atoms with Crippen molar-refractivity contribution in [1.29, 1.82) is 0 Å². The zero-order chi connectivity index (χ0) is 9.69. The largest absolute Gasteiger partial charge is 0.322 e. The van der Waals surface area contributed by atoms with E-state index < -0.39 is 5.24 Å². The SMILES string of the molecule is [B]C([B])([B])N1CCC2(CC(C)C2)C1. The maximum absolute atomic E-state index is 5.66. The summed E-state index contributed by atoms with van der Waals surface area (Å²) in [4.78, 5) is 2.00. The van der Waals surface area contributed by atoms with E-state index in [1.165, 1.54) is 19.3 Å². The van der Waals surface area contributed by atoms with E-state index in [0.717, 1.165) is 19.0 Å². The second-order valence-corrected chi connectivity index (χ2v) is 5.07. The summed E-state index contributed by atoms with van der Waals surface area (Å²) in [7, 11) is 17.0. The summed E-state index contributed by atoms with van der Waals surface area (Å²) < 4.78 is 0. The highest BCUT2D eigenvalue weighted by Crippen LogP contribution is 2.51. The molecule has 0 bridgehead atoms. The van der Waals surface area contributed by atoms with Gasteiger partial charge in [-0.25, -0.2) is 0 Å². The summed E-state index contributed by atoms with van der Waals surface area (Å²) in [6.07, 6.45) is 3.85. The first-order chi connectivity index (χ1) is 5.91. The molecule has 0 aromatic carbocycles. The van der Waals surface area contributed by atoms with Gasteiger partial charge in [0.2, 0.25) is 0 Å². The van der Waals surface area contributed by atoms with Crippen LogP contribution in [0.25, 0.3) is 0 Å². The first-order valence-corrected chi connectivity index (χ1v) is 5.03. The smallest absolute Gasteiger partial charge is 0.0698 e. The van der Waals surface area contributed by atoms with Crippen molar-refractivity contribution in [2.75, 3.05) is 13.1 Å². The maximum Gasteiger partial charge on any atom is 0.0698 e. The van der Waals surface area contributed by atoms with Crippen molar-refractivity contribution >= 4 is 23.5 Å². The topological polar surface area (TPSA) is 3.24 Å². The molecule has 0 N–H and O–H groups in total. The van der Waals surface area contributed by atoms with Crippen LogP contribution in [0.4, 0.5) is 0 Å². The number of nitrogens with zero attached hydrogens (tertiary/aromatic N) is 1. The van der Waals surface area contributed by atoms with Crippen molar-refractivity contribution in [2.24, 2.45) is 11.3 Å². The zero-order valence-corrected chi connectivity index (χ0v) is 8.29. The molecule has 0 aromatic heterocycles. The number of rotatable bonds is 1. The average Bonchev–Trinajstić information content (AvgIpc) is 2.29. The number of hydrogen-bond acceptors (Lipinski definition) is 1. The van der Waals surface area contributed by atoms with Crippen LogP contribution in [0.1, 0.15) is 26.2 Å². The normalized spacial score (nSPS) is 40.8. The summed E-state index contributed by atoms with van der Waals surface area (Å²) in [6, 6.07) is 0. The van der Waals surface area contributed by atoms with Crippen LogP contribution in [0, 0.1) is 11.3 Å². The summed E-state index contributed by atoms with van der Waals surface area (Å²) in [5.74, 6) is 0.877. The highest BCUT2D eigenvalue weighted by atomic mass is 15.2. The average molecular weight is 169 g/mol. The third kappa shape index (κ3) is 1.70. The summed E-state index contributed by atoms with van der Waals surface area (Å²) in [5, 5.41) is -1.11. The van der Waals surface area contributed by atoms with Gasteiger partial charge in [0.15, 0.2) is 0 Å². The van der Waals surface area contributed by atoms with Gasteiger partial charge in [0.05, 0.1) is 23.5 Å². The van der Waals surface area contributed by atoms with Crippen molar-refractivity contribution in [3.8, 4) is 0 Å². The van der Waals surface area contributed by atoms with Crippen LogP contribution in [-0.2, 0) is 0 Å². The lowest BCUT2D eigenvalue weighted by Crippen LogP contribution is -2.51. The van der Waals surface area contributed by atoms with Gasteiger partial charge in [-0.1, -0.05) is 12.2 Å². The fourth-order valence-corrected chi connectivity index (χ4v) is 3.02. The van der Waals surface area contributed by atoms with Crippen LogP contribution in [0.15, 0.2) is 0 Å². The van der Waals surface area contributed by atoms with E-state index in [-0.39, 0.29) is 0 Å². The Kier molecular flexibility index (Phi) is 2.10. The molecule has 2 fully saturated rings. The predicted molar refractivity (Wildman–Crippen MR) is 57.0 cm³/mol. The van der Waals surface area contributed by atoms with E-state index >= 15 is 0 Å². The van der Waals surface area contributed by atoms with E-state index in [4.69, 9.17) is 23.5 Å². The minimum absolute atomic E-state index is 0.503. The maximum atomic E-state index is 5.66. The van der Waals surface area contributed by atoms with Crippen LogP contribution in [-0.4, -0.2) is 46.8 Å². The highest BCUT2D eigenvalue weighted by Gasteiger charge is 2.47. The molecule has 0 amide bonds. The Labute approximate surface area is 84.9 Å². The summed E-state index contributed by atoms with van der Waals surface area (Å²) in [5.41, 5.74) is 0.503. The van der Waals surface area contributed by atoms with Gasteiger partial charge in [-0.2, -0.15) is 0 Å². The molecule has 0 atom stereocenters. The van der Waals surface area contributed by atoms with Crippen molar-refractivity contribution in [2.45, 2.75) is 31.4 Å². The van der Waals surface area contributed by atoms with E-state index in [0.29, 0.717) is 5.41 Å². The fraction of sp³-hybridized carbons (Fsp3) is 1.00. The molecule has 13 heavy (non-hydrogen) atoms. The molecule has 2 aliphatic rings. The molecule has 1 nitrogen and oxygen atoms in total. The van der Waals surface area contributed by atoms with Crippen LogP contribution < -0.4 is 0 Å². The van der Waals surface area contributed by atoms with Crippen LogP contribution >= 0.6 is 0 Å². The number of hydrogen-bond donors (Lipinski definition) is 0. The molecule has 2 rings (SSSR count). The third-order valence-electron chi connectivity index (χ3n) is 3.55. The minimum atomic E-state index is -1.11. The molecule has 1 aliphatic heterocycles. The third-order valence-corrected chi connectivity index (χ3v) is 3.55. The number of likely N-dealkylation sites (tertiary alicyclic amines) is 1. The lowest BCUT2D eigenvalue weighted by molar-refractivity contribution is 0.0744. The first kappa shape index (κ1) is 9.70. The van der Waals surface area contributed by atoms with Crippen molar-refractivity contribution in [3.05, 3.63) is 0 Å². The molecular formula is C9H14B3N. The van der Waals surface area contributed by atoms with Crippen molar-refractivity contribution in [1.82, 2.24) is 4.90 Å². The summed E-state index contributed by atoms with van der Waals surface area (Å²) in [6.45, 7) is 4.24. The van der Waals surface area contributed by atoms with Crippen molar-refractivity contribution in [3.63, 3.8) is 0 Å². The van der Waals surface area contributed by atoms with E-state index in [9.17, 15) is 0 Å². The van der Waals surface area contributed by atoms with E-state index in [1.807, 2.05) is 4.90 Å². The zero-order valence-electron chi connectivity index (χ0n) is 8.29. The predicted octanol–water partition coefficient (Wildman–Crippen LogP) is 0.225. The molecule has 1 saturated heterocycles. The van der Waals surface area contributed by atoms with E-state index in [2.05, 4.69) is 6.92 Å².